The number of aryl methyl sites for hydroxylation is 1. The van der Waals surface area contributed by atoms with Gasteiger partial charge in [0.1, 0.15) is 11.0 Å². The first-order chi connectivity index (χ1) is 12.9. The molecule has 0 aliphatic carbocycles. The van der Waals surface area contributed by atoms with Gasteiger partial charge >= 0.3 is 5.69 Å². The Labute approximate surface area is 154 Å². The largest absolute Gasteiger partial charge is 0.333 e. The fourth-order valence-corrected chi connectivity index (χ4v) is 3.11. The van der Waals surface area contributed by atoms with E-state index in [4.69, 9.17) is 0 Å². The predicted octanol–water partition coefficient (Wildman–Crippen LogP) is 2.30. The summed E-state index contributed by atoms with van der Waals surface area (Å²) in [7, 11) is 0. The number of nitrogens with zero attached hydrogens (tertiary/aromatic N) is 3. The molecule has 0 bridgehead atoms. The van der Waals surface area contributed by atoms with Gasteiger partial charge in [-0.1, -0.05) is 25.5 Å². The number of unbranched alkanes of at least 4 members (excludes halogenated alkanes) is 1. The SMILES string of the molecule is C=CCn1c(=O)c2c(=O)cc(CCCC)n(CC(F)F)c2n(CC=C)c1=O. The summed E-state index contributed by atoms with van der Waals surface area (Å²) in [4.78, 5) is 38.2. The topological polar surface area (TPSA) is 66.0 Å². The van der Waals surface area contributed by atoms with Gasteiger partial charge in [-0.05, 0) is 12.8 Å². The zero-order valence-electron chi connectivity index (χ0n) is 15.3. The fourth-order valence-electron chi connectivity index (χ4n) is 3.11. The Balaban J connectivity index is 3.07. The molecule has 2 aromatic rings. The molecule has 2 heterocycles. The summed E-state index contributed by atoms with van der Waals surface area (Å²) in [6, 6.07) is 1.22. The Bertz CT molecular complexity index is 1030. The quantitative estimate of drug-likeness (QED) is 0.628. The number of hydrogen-bond donors (Lipinski definition) is 0. The average Bonchev–Trinajstić information content (AvgIpc) is 2.61. The van der Waals surface area contributed by atoms with E-state index in [2.05, 4.69) is 13.2 Å². The van der Waals surface area contributed by atoms with Crippen LogP contribution in [0.25, 0.3) is 11.0 Å². The Kier molecular flexibility index (Phi) is 6.65. The van der Waals surface area contributed by atoms with Crippen molar-refractivity contribution in [2.45, 2.75) is 52.2 Å². The second-order valence-electron chi connectivity index (χ2n) is 6.19. The highest BCUT2D eigenvalue weighted by Crippen LogP contribution is 2.14. The van der Waals surface area contributed by atoms with Crippen LogP contribution in [-0.4, -0.2) is 20.1 Å². The number of rotatable bonds is 9. The Morgan fingerprint density at radius 2 is 1.70 bits per heavy atom. The summed E-state index contributed by atoms with van der Waals surface area (Å²) in [5.74, 6) is 0. The minimum Gasteiger partial charge on any atom is -0.325 e. The molecule has 0 fully saturated rings. The van der Waals surface area contributed by atoms with E-state index in [9.17, 15) is 23.2 Å². The molecular formula is C19H23F2N3O3. The third-order valence-corrected chi connectivity index (χ3v) is 4.28. The number of allylic oxidation sites excluding steroid dienone is 2. The van der Waals surface area contributed by atoms with E-state index in [-0.39, 0.29) is 24.1 Å². The van der Waals surface area contributed by atoms with Gasteiger partial charge < -0.3 is 4.57 Å². The molecule has 6 nitrogen and oxygen atoms in total. The fraction of sp³-hybridized carbons (Fsp3) is 0.421. The highest BCUT2D eigenvalue weighted by molar-refractivity contribution is 5.75. The van der Waals surface area contributed by atoms with E-state index in [0.717, 1.165) is 15.6 Å². The van der Waals surface area contributed by atoms with Crippen LogP contribution in [0.3, 0.4) is 0 Å². The first kappa shape index (κ1) is 20.5. The lowest BCUT2D eigenvalue weighted by Crippen LogP contribution is -2.43. The summed E-state index contributed by atoms with van der Waals surface area (Å²) < 4.78 is 29.8. The van der Waals surface area contributed by atoms with Crippen molar-refractivity contribution in [2.75, 3.05) is 0 Å². The minimum atomic E-state index is -2.71. The van der Waals surface area contributed by atoms with E-state index in [1.807, 2.05) is 6.92 Å². The summed E-state index contributed by atoms with van der Waals surface area (Å²) in [5, 5.41) is -0.279. The second-order valence-corrected chi connectivity index (χ2v) is 6.19. The van der Waals surface area contributed by atoms with E-state index in [1.165, 1.54) is 22.8 Å². The van der Waals surface area contributed by atoms with Crippen LogP contribution in [0.15, 0.2) is 45.8 Å². The van der Waals surface area contributed by atoms with Crippen LogP contribution < -0.4 is 16.7 Å². The van der Waals surface area contributed by atoms with Crippen LogP contribution in [-0.2, 0) is 26.1 Å². The van der Waals surface area contributed by atoms with Crippen LogP contribution in [0.5, 0.6) is 0 Å². The van der Waals surface area contributed by atoms with Crippen LogP contribution in [0.2, 0.25) is 0 Å². The van der Waals surface area contributed by atoms with Crippen molar-refractivity contribution in [3.63, 3.8) is 0 Å². The van der Waals surface area contributed by atoms with Crippen LogP contribution in [0.1, 0.15) is 25.5 Å². The molecule has 2 rings (SSSR count). The lowest BCUT2D eigenvalue weighted by Gasteiger charge is -2.20. The number of pyridine rings is 1. The van der Waals surface area contributed by atoms with E-state index in [1.54, 1.807) is 0 Å². The summed E-state index contributed by atoms with van der Waals surface area (Å²) in [6.07, 6.45) is 1.96. The predicted molar refractivity (Wildman–Crippen MR) is 102 cm³/mol. The molecule has 0 unspecified atom stereocenters. The van der Waals surface area contributed by atoms with E-state index in [0.29, 0.717) is 18.5 Å². The Hall–Kier alpha value is -2.77. The monoisotopic (exact) mass is 379 g/mol. The molecule has 146 valence electrons. The molecular weight excluding hydrogens is 356 g/mol. The van der Waals surface area contributed by atoms with Gasteiger partial charge in [0.25, 0.3) is 12.0 Å². The molecule has 8 heteroatoms. The molecule has 2 aromatic heterocycles. The molecule has 0 saturated heterocycles. The summed E-state index contributed by atoms with van der Waals surface area (Å²) >= 11 is 0. The minimum absolute atomic E-state index is 0.0212. The summed E-state index contributed by atoms with van der Waals surface area (Å²) in [5.41, 5.74) is -1.77. The number of hydrogen-bond acceptors (Lipinski definition) is 3. The van der Waals surface area contributed by atoms with E-state index >= 15 is 0 Å². The second kappa shape index (κ2) is 8.75. The molecule has 0 aliphatic heterocycles. The maximum Gasteiger partial charge on any atom is 0.333 e. The molecule has 0 aliphatic rings. The molecule has 0 spiro atoms. The van der Waals surface area contributed by atoms with E-state index < -0.39 is 29.6 Å². The van der Waals surface area contributed by atoms with Crippen molar-refractivity contribution in [3.05, 3.63) is 68.1 Å². The van der Waals surface area contributed by atoms with Gasteiger partial charge in [-0.3, -0.25) is 18.7 Å². The third-order valence-electron chi connectivity index (χ3n) is 4.28. The van der Waals surface area contributed by atoms with Crippen molar-refractivity contribution in [2.24, 2.45) is 0 Å². The lowest BCUT2D eigenvalue weighted by molar-refractivity contribution is 0.126. The molecule has 0 atom stereocenters. The van der Waals surface area contributed by atoms with Crippen LogP contribution >= 0.6 is 0 Å². The van der Waals surface area contributed by atoms with Crippen molar-refractivity contribution in [1.82, 2.24) is 13.7 Å². The molecule has 0 radical (unpaired) electrons. The molecule has 0 N–H and O–H groups in total. The maximum atomic E-state index is 13.3. The highest BCUT2D eigenvalue weighted by atomic mass is 19.3. The smallest absolute Gasteiger partial charge is 0.325 e. The standard InChI is InChI=1S/C19H23F2N3O3/c1-4-7-8-13-11-14(25)16-17(24(13)12-15(20)21)22(9-5-2)19(27)23(10-6-3)18(16)26/h5-6,11,15H,2-4,7-10,12H2,1H3. The van der Waals surface area contributed by atoms with Gasteiger partial charge in [0, 0.05) is 24.8 Å². The molecule has 0 aromatic carbocycles. The van der Waals surface area contributed by atoms with Crippen molar-refractivity contribution < 1.29 is 8.78 Å². The van der Waals surface area contributed by atoms with Crippen LogP contribution in [0.4, 0.5) is 8.78 Å². The zero-order chi connectivity index (χ0) is 20.1. The van der Waals surface area contributed by atoms with Crippen molar-refractivity contribution in [1.29, 1.82) is 0 Å². The van der Waals surface area contributed by atoms with Crippen molar-refractivity contribution in [3.8, 4) is 0 Å². The first-order valence-electron chi connectivity index (χ1n) is 8.77. The number of fused-ring (bicyclic) bond motifs is 1. The summed E-state index contributed by atoms with van der Waals surface area (Å²) in [6.45, 7) is 8.22. The van der Waals surface area contributed by atoms with Gasteiger partial charge in [0.15, 0.2) is 5.43 Å². The first-order valence-corrected chi connectivity index (χ1v) is 8.77. The average molecular weight is 379 g/mol. The van der Waals surface area contributed by atoms with Gasteiger partial charge in [-0.25, -0.2) is 13.6 Å². The highest BCUT2D eigenvalue weighted by Gasteiger charge is 2.21. The van der Waals surface area contributed by atoms with Gasteiger partial charge in [-0.2, -0.15) is 0 Å². The van der Waals surface area contributed by atoms with Gasteiger partial charge in [-0.15, -0.1) is 13.2 Å². The van der Waals surface area contributed by atoms with Crippen LogP contribution in [0, 0.1) is 0 Å². The third kappa shape index (κ3) is 3.99. The Morgan fingerprint density at radius 3 is 2.26 bits per heavy atom. The zero-order valence-corrected chi connectivity index (χ0v) is 15.3. The van der Waals surface area contributed by atoms with Gasteiger partial charge in [0.05, 0.1) is 6.54 Å². The Morgan fingerprint density at radius 1 is 1.07 bits per heavy atom. The number of alkyl halides is 2. The molecule has 27 heavy (non-hydrogen) atoms. The number of halogens is 2. The van der Waals surface area contributed by atoms with Crippen molar-refractivity contribution >= 4 is 11.0 Å². The number of aromatic nitrogens is 3. The normalized spacial score (nSPS) is 11.3. The van der Waals surface area contributed by atoms with Gasteiger partial charge in [0.2, 0.25) is 0 Å². The molecule has 0 amide bonds. The lowest BCUT2D eigenvalue weighted by atomic mass is 10.1. The molecule has 0 saturated carbocycles. The maximum absolute atomic E-state index is 13.3.